The molecule has 0 saturated carbocycles. The standard InChI is InChI=1S/C13H12N2O4/c1-8-2-5-12(19-8)13(18)15-14-7-9-3-4-10(16)11(17)6-9/h2-7,16-17H,1H3,(H,15,18)/b14-7-. The van der Waals surface area contributed by atoms with E-state index in [2.05, 4.69) is 10.5 Å². The summed E-state index contributed by atoms with van der Waals surface area (Å²) in [6.07, 6.45) is 1.34. The lowest BCUT2D eigenvalue weighted by Crippen LogP contribution is -2.16. The third kappa shape index (κ3) is 3.12. The second-order valence-electron chi connectivity index (χ2n) is 3.86. The van der Waals surface area contributed by atoms with Crippen LogP contribution in [-0.2, 0) is 0 Å². The van der Waals surface area contributed by atoms with E-state index in [1.165, 1.54) is 18.3 Å². The van der Waals surface area contributed by atoms with E-state index in [9.17, 15) is 9.90 Å². The average molecular weight is 260 g/mol. The Morgan fingerprint density at radius 1 is 1.26 bits per heavy atom. The van der Waals surface area contributed by atoms with Gasteiger partial charge in [-0.2, -0.15) is 5.10 Å². The van der Waals surface area contributed by atoms with Gasteiger partial charge in [0, 0.05) is 0 Å². The fraction of sp³-hybridized carbons (Fsp3) is 0.0769. The third-order valence-corrected chi connectivity index (χ3v) is 2.34. The predicted octanol–water partition coefficient (Wildman–Crippen LogP) is 1.76. The van der Waals surface area contributed by atoms with Crippen molar-refractivity contribution in [2.45, 2.75) is 6.92 Å². The van der Waals surface area contributed by atoms with Crippen molar-refractivity contribution in [2.24, 2.45) is 5.10 Å². The highest BCUT2D eigenvalue weighted by atomic mass is 16.3. The van der Waals surface area contributed by atoms with E-state index >= 15 is 0 Å². The Morgan fingerprint density at radius 3 is 2.68 bits per heavy atom. The molecule has 19 heavy (non-hydrogen) atoms. The molecule has 0 aliphatic rings. The number of furan rings is 1. The minimum atomic E-state index is -0.465. The molecule has 2 aromatic rings. The molecule has 3 N–H and O–H groups in total. The molecular formula is C13H12N2O4. The number of rotatable bonds is 3. The Bertz CT molecular complexity index is 631. The van der Waals surface area contributed by atoms with E-state index < -0.39 is 5.91 Å². The monoisotopic (exact) mass is 260 g/mol. The third-order valence-electron chi connectivity index (χ3n) is 2.34. The first kappa shape index (κ1) is 12.7. The summed E-state index contributed by atoms with van der Waals surface area (Å²) in [6, 6.07) is 7.42. The Hall–Kier alpha value is -2.76. The molecule has 0 aliphatic carbocycles. The van der Waals surface area contributed by atoms with Crippen LogP contribution in [0, 0.1) is 6.92 Å². The normalized spacial score (nSPS) is 10.8. The summed E-state index contributed by atoms with van der Waals surface area (Å²) in [7, 11) is 0. The fourth-order valence-corrected chi connectivity index (χ4v) is 1.40. The molecule has 0 aliphatic heterocycles. The number of amides is 1. The topological polar surface area (TPSA) is 95.1 Å². The molecule has 0 spiro atoms. The van der Waals surface area contributed by atoms with Gasteiger partial charge in [-0.15, -0.1) is 0 Å². The van der Waals surface area contributed by atoms with Gasteiger partial charge in [0.1, 0.15) is 5.76 Å². The van der Waals surface area contributed by atoms with Crippen LogP contribution in [0.15, 0.2) is 39.9 Å². The Balaban J connectivity index is 2.00. The van der Waals surface area contributed by atoms with Crippen molar-refractivity contribution in [1.29, 1.82) is 0 Å². The Morgan fingerprint density at radius 2 is 2.05 bits per heavy atom. The van der Waals surface area contributed by atoms with Gasteiger partial charge in [0.25, 0.3) is 0 Å². The number of carbonyl (C=O) groups excluding carboxylic acids is 1. The number of phenolic OH excluding ortho intramolecular Hbond substituents is 2. The summed E-state index contributed by atoms with van der Waals surface area (Å²) < 4.78 is 5.12. The average Bonchev–Trinajstić information content (AvgIpc) is 2.80. The maximum Gasteiger partial charge on any atom is 0.307 e. The van der Waals surface area contributed by atoms with Crippen molar-refractivity contribution < 1.29 is 19.4 Å². The molecule has 2 rings (SSSR count). The quantitative estimate of drug-likeness (QED) is 0.445. The molecular weight excluding hydrogens is 248 g/mol. The zero-order chi connectivity index (χ0) is 13.8. The highest BCUT2D eigenvalue weighted by Crippen LogP contribution is 2.23. The molecule has 0 bridgehead atoms. The lowest BCUT2D eigenvalue weighted by atomic mass is 10.2. The second kappa shape index (κ2) is 5.26. The Kier molecular flexibility index (Phi) is 3.51. The van der Waals surface area contributed by atoms with Gasteiger partial charge in [0.05, 0.1) is 6.21 Å². The number of phenols is 2. The smallest absolute Gasteiger partial charge is 0.307 e. The van der Waals surface area contributed by atoms with Crippen LogP contribution >= 0.6 is 0 Å². The van der Waals surface area contributed by atoms with Crippen molar-refractivity contribution in [3.63, 3.8) is 0 Å². The molecule has 0 atom stereocenters. The SMILES string of the molecule is Cc1ccc(C(=O)N/N=C\c2ccc(O)c(O)c2)o1. The number of carbonyl (C=O) groups is 1. The number of nitrogens with one attached hydrogen (secondary N) is 1. The van der Waals surface area contributed by atoms with Crippen LogP contribution in [0.25, 0.3) is 0 Å². The molecule has 98 valence electrons. The van der Waals surface area contributed by atoms with E-state index in [-0.39, 0.29) is 17.3 Å². The van der Waals surface area contributed by atoms with E-state index in [0.717, 1.165) is 0 Å². The predicted molar refractivity (Wildman–Crippen MR) is 68.3 cm³/mol. The Labute approximate surface area is 109 Å². The number of hydrogen-bond donors (Lipinski definition) is 3. The van der Waals surface area contributed by atoms with Crippen LogP contribution < -0.4 is 5.43 Å². The van der Waals surface area contributed by atoms with Crippen LogP contribution in [0.1, 0.15) is 21.9 Å². The molecule has 0 radical (unpaired) electrons. The molecule has 0 fully saturated rings. The summed E-state index contributed by atoms with van der Waals surface area (Å²) >= 11 is 0. The lowest BCUT2D eigenvalue weighted by Gasteiger charge is -1.98. The van der Waals surface area contributed by atoms with Crippen molar-refractivity contribution in [2.75, 3.05) is 0 Å². The summed E-state index contributed by atoms with van der Waals surface area (Å²) in [5, 5.41) is 22.1. The number of hydrazone groups is 1. The van der Waals surface area contributed by atoms with Crippen LogP contribution in [0.2, 0.25) is 0 Å². The van der Waals surface area contributed by atoms with Crippen LogP contribution in [-0.4, -0.2) is 22.3 Å². The van der Waals surface area contributed by atoms with Crippen molar-refractivity contribution in [3.05, 3.63) is 47.4 Å². The van der Waals surface area contributed by atoms with E-state index in [1.54, 1.807) is 25.1 Å². The molecule has 6 heteroatoms. The van der Waals surface area contributed by atoms with Gasteiger partial charge in [-0.05, 0) is 42.8 Å². The minimum Gasteiger partial charge on any atom is -0.504 e. The van der Waals surface area contributed by atoms with Crippen molar-refractivity contribution in [3.8, 4) is 11.5 Å². The summed E-state index contributed by atoms with van der Waals surface area (Å²) in [4.78, 5) is 11.6. The first-order chi connectivity index (χ1) is 9.06. The number of nitrogens with zero attached hydrogens (tertiary/aromatic N) is 1. The van der Waals surface area contributed by atoms with Gasteiger partial charge in [0.2, 0.25) is 0 Å². The molecule has 0 unspecified atom stereocenters. The first-order valence-corrected chi connectivity index (χ1v) is 5.48. The second-order valence-corrected chi connectivity index (χ2v) is 3.86. The van der Waals surface area contributed by atoms with E-state index in [4.69, 9.17) is 9.52 Å². The summed E-state index contributed by atoms with van der Waals surface area (Å²) in [5.74, 6) is -0.127. The number of aryl methyl sites for hydroxylation is 1. The fourth-order valence-electron chi connectivity index (χ4n) is 1.40. The molecule has 1 aromatic carbocycles. The van der Waals surface area contributed by atoms with Gasteiger partial charge in [-0.1, -0.05) is 0 Å². The van der Waals surface area contributed by atoms with E-state index in [0.29, 0.717) is 11.3 Å². The molecule has 1 heterocycles. The van der Waals surface area contributed by atoms with Crippen molar-refractivity contribution in [1.82, 2.24) is 5.43 Å². The van der Waals surface area contributed by atoms with Crippen LogP contribution in [0.3, 0.4) is 0 Å². The van der Waals surface area contributed by atoms with Gasteiger partial charge in [-0.25, -0.2) is 5.43 Å². The largest absolute Gasteiger partial charge is 0.504 e. The van der Waals surface area contributed by atoms with Crippen LogP contribution in [0.5, 0.6) is 11.5 Å². The maximum absolute atomic E-state index is 11.6. The highest BCUT2D eigenvalue weighted by molar-refractivity contribution is 5.92. The lowest BCUT2D eigenvalue weighted by molar-refractivity contribution is 0.0926. The van der Waals surface area contributed by atoms with Gasteiger partial charge in [-0.3, -0.25) is 4.79 Å². The van der Waals surface area contributed by atoms with Gasteiger partial charge < -0.3 is 14.6 Å². The summed E-state index contributed by atoms with van der Waals surface area (Å²) in [6.45, 7) is 1.74. The van der Waals surface area contributed by atoms with Crippen LogP contribution in [0.4, 0.5) is 0 Å². The van der Waals surface area contributed by atoms with Crippen molar-refractivity contribution >= 4 is 12.1 Å². The minimum absolute atomic E-state index is 0.170. The van der Waals surface area contributed by atoms with Gasteiger partial charge in [0.15, 0.2) is 17.3 Å². The molecule has 1 aromatic heterocycles. The highest BCUT2D eigenvalue weighted by Gasteiger charge is 2.08. The molecule has 6 nitrogen and oxygen atoms in total. The maximum atomic E-state index is 11.6. The molecule has 0 saturated heterocycles. The number of hydrogen-bond acceptors (Lipinski definition) is 5. The van der Waals surface area contributed by atoms with Gasteiger partial charge >= 0.3 is 5.91 Å². The first-order valence-electron chi connectivity index (χ1n) is 5.48. The zero-order valence-electron chi connectivity index (χ0n) is 10.1. The summed E-state index contributed by atoms with van der Waals surface area (Å²) in [5.41, 5.74) is 2.82. The zero-order valence-corrected chi connectivity index (χ0v) is 10.1. The number of benzene rings is 1. The number of aromatic hydroxyl groups is 2. The van der Waals surface area contributed by atoms with E-state index in [1.807, 2.05) is 0 Å². The molecule has 1 amide bonds.